The van der Waals surface area contributed by atoms with Gasteiger partial charge in [0.2, 0.25) is 0 Å². The molecule has 0 aliphatic carbocycles. The molecule has 1 fully saturated rings. The number of anilines is 1. The van der Waals surface area contributed by atoms with Crippen LogP contribution in [0.2, 0.25) is 0 Å². The number of carbonyl (C=O) groups is 3. The summed E-state index contributed by atoms with van der Waals surface area (Å²) < 4.78 is 12.1. The number of amides is 4. The van der Waals surface area contributed by atoms with Crippen LogP contribution in [0.1, 0.15) is 22.3 Å². The van der Waals surface area contributed by atoms with Crippen LogP contribution in [0.3, 0.4) is 0 Å². The first-order valence-corrected chi connectivity index (χ1v) is 11.6. The molecule has 1 N–H and O–H groups in total. The van der Waals surface area contributed by atoms with Crippen molar-refractivity contribution in [1.82, 2.24) is 5.32 Å². The molecule has 1 heterocycles. The van der Waals surface area contributed by atoms with E-state index >= 15 is 0 Å². The van der Waals surface area contributed by atoms with E-state index in [1.54, 1.807) is 42.5 Å². The molecule has 3 aromatic carbocycles. The van der Waals surface area contributed by atoms with Crippen LogP contribution in [0.25, 0.3) is 6.08 Å². The van der Waals surface area contributed by atoms with Crippen LogP contribution in [0, 0.1) is 13.8 Å². The molecule has 4 rings (SSSR count). The summed E-state index contributed by atoms with van der Waals surface area (Å²) in [7, 11) is 1.51. The standard InChI is InChI=1S/C27H23BrN2O5/c1-16-9-17(2)11-19(10-16)15-35-24-22(28)13-18(14-23(24)34-3)12-21-25(31)29-27(33)30(26(21)32)20-7-5-4-6-8-20/h4-14H,15H2,1-3H3,(H,29,31,33)/b21-12+. The summed E-state index contributed by atoms with van der Waals surface area (Å²) in [6.07, 6.45) is 1.42. The molecule has 0 saturated carbocycles. The van der Waals surface area contributed by atoms with Crippen molar-refractivity contribution >= 4 is 45.5 Å². The second kappa shape index (κ2) is 10.1. The van der Waals surface area contributed by atoms with Gasteiger partial charge in [-0.2, -0.15) is 0 Å². The van der Waals surface area contributed by atoms with E-state index in [4.69, 9.17) is 9.47 Å². The molecule has 0 bridgehead atoms. The lowest BCUT2D eigenvalue weighted by Gasteiger charge is -2.26. The first-order valence-electron chi connectivity index (χ1n) is 10.8. The van der Waals surface area contributed by atoms with E-state index in [-0.39, 0.29) is 5.57 Å². The molecule has 7 nitrogen and oxygen atoms in total. The molecule has 8 heteroatoms. The number of rotatable bonds is 6. The molecular weight excluding hydrogens is 512 g/mol. The van der Waals surface area contributed by atoms with Gasteiger partial charge in [0.1, 0.15) is 12.2 Å². The number of imide groups is 2. The van der Waals surface area contributed by atoms with Crippen molar-refractivity contribution in [2.75, 3.05) is 12.0 Å². The highest BCUT2D eigenvalue weighted by Crippen LogP contribution is 2.38. The van der Waals surface area contributed by atoms with Crippen LogP contribution >= 0.6 is 15.9 Å². The normalized spacial score (nSPS) is 14.8. The molecular formula is C27H23BrN2O5. The van der Waals surface area contributed by atoms with Crippen LogP contribution < -0.4 is 19.7 Å². The number of nitrogens with zero attached hydrogens (tertiary/aromatic N) is 1. The van der Waals surface area contributed by atoms with E-state index in [9.17, 15) is 14.4 Å². The zero-order chi connectivity index (χ0) is 25.1. The zero-order valence-corrected chi connectivity index (χ0v) is 21.0. The van der Waals surface area contributed by atoms with Gasteiger partial charge in [0, 0.05) is 0 Å². The Morgan fingerprint density at radius 3 is 2.31 bits per heavy atom. The van der Waals surface area contributed by atoms with Crippen molar-refractivity contribution in [1.29, 1.82) is 0 Å². The maximum Gasteiger partial charge on any atom is 0.335 e. The predicted octanol–water partition coefficient (Wildman–Crippen LogP) is 5.32. The first-order chi connectivity index (χ1) is 16.8. The third-order valence-corrected chi connectivity index (χ3v) is 5.93. The number of carbonyl (C=O) groups excluding carboxylic acids is 3. The Labute approximate surface area is 211 Å². The quantitative estimate of drug-likeness (QED) is 0.341. The Morgan fingerprint density at radius 1 is 0.971 bits per heavy atom. The number of para-hydroxylation sites is 1. The van der Waals surface area contributed by atoms with Crippen LogP contribution in [0.4, 0.5) is 10.5 Å². The Balaban J connectivity index is 1.64. The number of barbiturate groups is 1. The maximum absolute atomic E-state index is 13.1. The SMILES string of the molecule is COc1cc(/C=C2\C(=O)NC(=O)N(c3ccccc3)C2=O)cc(Br)c1OCc1cc(C)cc(C)c1. The van der Waals surface area contributed by atoms with Gasteiger partial charge in [-0.3, -0.25) is 14.9 Å². The minimum Gasteiger partial charge on any atom is -0.493 e. The van der Waals surface area contributed by atoms with Crippen molar-refractivity contribution in [3.8, 4) is 11.5 Å². The van der Waals surface area contributed by atoms with Crippen molar-refractivity contribution < 1.29 is 23.9 Å². The molecule has 0 aromatic heterocycles. The summed E-state index contributed by atoms with van der Waals surface area (Å²) in [5.41, 5.74) is 4.03. The third-order valence-electron chi connectivity index (χ3n) is 5.34. The molecule has 1 aliphatic heterocycles. The van der Waals surface area contributed by atoms with Crippen molar-refractivity contribution in [3.63, 3.8) is 0 Å². The van der Waals surface area contributed by atoms with Crippen molar-refractivity contribution in [2.24, 2.45) is 0 Å². The number of urea groups is 1. The topological polar surface area (TPSA) is 84.9 Å². The fraction of sp³-hybridized carbons (Fsp3) is 0.148. The Kier molecular flexibility index (Phi) is 7.02. The number of nitrogens with one attached hydrogen (secondary N) is 1. The number of hydrogen-bond acceptors (Lipinski definition) is 5. The highest BCUT2D eigenvalue weighted by Gasteiger charge is 2.36. The smallest absolute Gasteiger partial charge is 0.335 e. The molecule has 178 valence electrons. The predicted molar refractivity (Wildman–Crippen MR) is 136 cm³/mol. The number of halogens is 1. The average Bonchev–Trinajstić information content (AvgIpc) is 2.80. The number of aryl methyl sites for hydroxylation is 2. The maximum atomic E-state index is 13.1. The highest BCUT2D eigenvalue weighted by molar-refractivity contribution is 9.10. The van der Waals surface area contributed by atoms with Crippen molar-refractivity contribution in [3.05, 3.63) is 93.0 Å². The van der Waals surface area contributed by atoms with Crippen LogP contribution in [0.5, 0.6) is 11.5 Å². The van der Waals surface area contributed by atoms with Gasteiger partial charge in [-0.25, -0.2) is 9.69 Å². The molecule has 35 heavy (non-hydrogen) atoms. The highest BCUT2D eigenvalue weighted by atomic mass is 79.9. The van der Waals surface area contributed by atoms with Gasteiger partial charge in [0.25, 0.3) is 11.8 Å². The number of hydrogen-bond donors (Lipinski definition) is 1. The second-order valence-corrected chi connectivity index (χ2v) is 8.97. The molecule has 1 saturated heterocycles. The molecule has 0 radical (unpaired) electrons. The Bertz CT molecular complexity index is 1330. The van der Waals surface area contributed by atoms with E-state index in [0.29, 0.717) is 33.8 Å². The summed E-state index contributed by atoms with van der Waals surface area (Å²) in [6.45, 7) is 4.40. The Morgan fingerprint density at radius 2 is 1.66 bits per heavy atom. The fourth-order valence-corrected chi connectivity index (χ4v) is 4.48. The molecule has 0 atom stereocenters. The number of benzene rings is 3. The minimum atomic E-state index is -0.794. The summed E-state index contributed by atoms with van der Waals surface area (Å²) in [6, 6.07) is 17.2. The summed E-state index contributed by atoms with van der Waals surface area (Å²) in [4.78, 5) is 38.9. The summed E-state index contributed by atoms with van der Waals surface area (Å²) in [5.74, 6) is -0.558. The van der Waals surface area contributed by atoms with Crippen LogP contribution in [0.15, 0.2) is 70.7 Å². The van der Waals surface area contributed by atoms with E-state index in [1.165, 1.54) is 13.2 Å². The zero-order valence-electron chi connectivity index (χ0n) is 19.4. The largest absolute Gasteiger partial charge is 0.493 e. The van der Waals surface area contributed by atoms with E-state index in [2.05, 4.69) is 39.4 Å². The number of ether oxygens (including phenoxy) is 2. The van der Waals surface area contributed by atoms with Gasteiger partial charge >= 0.3 is 6.03 Å². The van der Waals surface area contributed by atoms with Gasteiger partial charge in [-0.1, -0.05) is 47.5 Å². The second-order valence-electron chi connectivity index (χ2n) is 8.11. The summed E-state index contributed by atoms with van der Waals surface area (Å²) >= 11 is 3.51. The minimum absolute atomic E-state index is 0.175. The molecule has 0 unspecified atom stereocenters. The Hall–Kier alpha value is -3.91. The summed E-state index contributed by atoms with van der Waals surface area (Å²) in [5, 5.41) is 2.22. The van der Waals surface area contributed by atoms with E-state index < -0.39 is 17.8 Å². The monoisotopic (exact) mass is 534 g/mol. The lowest BCUT2D eigenvalue weighted by atomic mass is 10.1. The van der Waals surface area contributed by atoms with Gasteiger partial charge in [-0.05, 0) is 71.2 Å². The van der Waals surface area contributed by atoms with Crippen molar-refractivity contribution in [2.45, 2.75) is 20.5 Å². The molecule has 0 spiro atoms. The van der Waals surface area contributed by atoms with Gasteiger partial charge in [0.15, 0.2) is 11.5 Å². The van der Waals surface area contributed by atoms with Gasteiger partial charge in [-0.15, -0.1) is 0 Å². The molecule has 4 amide bonds. The van der Waals surface area contributed by atoms with E-state index in [1.807, 2.05) is 13.8 Å². The first kappa shape index (κ1) is 24.2. The van der Waals surface area contributed by atoms with Crippen LogP contribution in [-0.4, -0.2) is 25.0 Å². The molecule has 3 aromatic rings. The third kappa shape index (κ3) is 5.27. The average molecular weight is 535 g/mol. The van der Waals surface area contributed by atoms with Crippen LogP contribution in [-0.2, 0) is 16.2 Å². The lowest BCUT2D eigenvalue weighted by Crippen LogP contribution is -2.54. The fourth-order valence-electron chi connectivity index (χ4n) is 3.91. The van der Waals surface area contributed by atoms with Gasteiger partial charge < -0.3 is 9.47 Å². The van der Waals surface area contributed by atoms with E-state index in [0.717, 1.165) is 21.6 Å². The lowest BCUT2D eigenvalue weighted by molar-refractivity contribution is -0.122. The number of methoxy groups -OCH3 is 1. The van der Waals surface area contributed by atoms with Gasteiger partial charge in [0.05, 0.1) is 17.3 Å². The molecule has 1 aliphatic rings.